The number of hydrogen-bond donors (Lipinski definition) is 1. The fourth-order valence-electron chi connectivity index (χ4n) is 1.88. The molecule has 3 nitrogen and oxygen atoms in total. The van der Waals surface area contributed by atoms with Crippen LogP contribution in [0.4, 0.5) is 0 Å². The number of carbonyl (C=O) groups is 1. The largest absolute Gasteiger partial charge is 0.508 e. The number of hydrogen-bond acceptors (Lipinski definition) is 2. The van der Waals surface area contributed by atoms with Gasteiger partial charge in [-0.05, 0) is 43.5 Å². The van der Waals surface area contributed by atoms with Crippen LogP contribution in [-0.4, -0.2) is 34.4 Å². The normalized spacial score (nSPS) is 14.7. The zero-order valence-corrected chi connectivity index (χ0v) is 10.6. The van der Waals surface area contributed by atoms with Crippen LogP contribution in [0.1, 0.15) is 28.8 Å². The first-order valence-electron chi connectivity index (χ1n) is 5.80. The Morgan fingerprint density at radius 1 is 1.53 bits per heavy atom. The van der Waals surface area contributed by atoms with Gasteiger partial charge >= 0.3 is 0 Å². The van der Waals surface area contributed by atoms with Crippen molar-refractivity contribution < 1.29 is 9.90 Å². The molecule has 1 fully saturated rings. The van der Waals surface area contributed by atoms with Gasteiger partial charge in [0.2, 0.25) is 0 Å². The third kappa shape index (κ3) is 2.72. The fourth-order valence-corrected chi connectivity index (χ4v) is 2.06. The van der Waals surface area contributed by atoms with Gasteiger partial charge in [-0.2, -0.15) is 0 Å². The molecule has 0 saturated heterocycles. The molecule has 1 N–H and O–H groups in total. The molecule has 0 bridgehead atoms. The summed E-state index contributed by atoms with van der Waals surface area (Å²) in [5.74, 6) is 0.687. The van der Waals surface area contributed by atoms with Gasteiger partial charge in [-0.3, -0.25) is 4.79 Å². The van der Waals surface area contributed by atoms with Crippen LogP contribution in [0.25, 0.3) is 0 Å². The highest BCUT2D eigenvalue weighted by atomic mass is 35.5. The molecule has 0 radical (unpaired) electrons. The predicted molar refractivity (Wildman–Crippen MR) is 67.6 cm³/mol. The molecule has 1 aliphatic rings. The van der Waals surface area contributed by atoms with Crippen LogP contribution in [0.15, 0.2) is 18.2 Å². The summed E-state index contributed by atoms with van der Waals surface area (Å²) in [6, 6.07) is 5.31. The number of amides is 1. The summed E-state index contributed by atoms with van der Waals surface area (Å²) < 4.78 is 0. The molecule has 4 heteroatoms. The summed E-state index contributed by atoms with van der Waals surface area (Å²) in [7, 11) is 0. The van der Waals surface area contributed by atoms with Crippen molar-refractivity contribution in [2.45, 2.75) is 25.8 Å². The van der Waals surface area contributed by atoms with E-state index < -0.39 is 0 Å². The van der Waals surface area contributed by atoms with Gasteiger partial charge in [0.25, 0.3) is 5.91 Å². The molecule has 2 rings (SSSR count). The van der Waals surface area contributed by atoms with Crippen LogP contribution in [-0.2, 0) is 0 Å². The number of aryl methyl sites for hydroxylation is 1. The van der Waals surface area contributed by atoms with Gasteiger partial charge in [0.15, 0.2) is 0 Å². The van der Waals surface area contributed by atoms with E-state index in [1.807, 2.05) is 4.90 Å². The monoisotopic (exact) mass is 253 g/mol. The molecule has 1 aliphatic carbocycles. The van der Waals surface area contributed by atoms with Crippen molar-refractivity contribution in [1.82, 2.24) is 4.90 Å². The van der Waals surface area contributed by atoms with Gasteiger partial charge in [-0.1, -0.05) is 0 Å². The van der Waals surface area contributed by atoms with Crippen LogP contribution >= 0.6 is 11.6 Å². The second-order valence-corrected chi connectivity index (χ2v) is 4.80. The third-order valence-electron chi connectivity index (χ3n) is 3.02. The van der Waals surface area contributed by atoms with E-state index in [4.69, 9.17) is 11.6 Å². The molecule has 17 heavy (non-hydrogen) atoms. The summed E-state index contributed by atoms with van der Waals surface area (Å²) in [5.41, 5.74) is 1.34. The smallest absolute Gasteiger partial charge is 0.254 e. The molecule has 1 saturated carbocycles. The van der Waals surface area contributed by atoms with Crippen LogP contribution in [0, 0.1) is 6.92 Å². The number of alkyl halides is 1. The summed E-state index contributed by atoms with van der Waals surface area (Å²) in [6.45, 7) is 2.38. The summed E-state index contributed by atoms with van der Waals surface area (Å²) in [6.07, 6.45) is 2.14. The molecule has 1 aromatic rings. The Hall–Kier alpha value is -1.22. The van der Waals surface area contributed by atoms with Gasteiger partial charge in [0.05, 0.1) is 0 Å². The Morgan fingerprint density at radius 2 is 2.24 bits per heavy atom. The number of nitrogens with zero attached hydrogens (tertiary/aromatic N) is 1. The van der Waals surface area contributed by atoms with Crippen molar-refractivity contribution in [3.8, 4) is 5.75 Å². The van der Waals surface area contributed by atoms with E-state index in [9.17, 15) is 9.90 Å². The van der Waals surface area contributed by atoms with E-state index in [-0.39, 0.29) is 11.7 Å². The SMILES string of the molecule is Cc1cc(C(=O)N(CCCl)C2CC2)ccc1O. The number of rotatable bonds is 4. The molecule has 92 valence electrons. The Labute approximate surface area is 106 Å². The van der Waals surface area contributed by atoms with Crippen molar-refractivity contribution >= 4 is 17.5 Å². The topological polar surface area (TPSA) is 40.5 Å². The lowest BCUT2D eigenvalue weighted by molar-refractivity contribution is 0.0753. The summed E-state index contributed by atoms with van der Waals surface area (Å²) >= 11 is 5.72. The Kier molecular flexibility index (Phi) is 3.57. The predicted octanol–water partition coefficient (Wildman–Crippen LogP) is 2.54. The second-order valence-electron chi connectivity index (χ2n) is 4.42. The molecule has 1 amide bonds. The van der Waals surface area contributed by atoms with Gasteiger partial charge in [0, 0.05) is 24.0 Å². The van der Waals surface area contributed by atoms with Crippen LogP contribution < -0.4 is 0 Å². The quantitative estimate of drug-likeness (QED) is 0.838. The maximum absolute atomic E-state index is 12.3. The van der Waals surface area contributed by atoms with Crippen molar-refractivity contribution in [2.75, 3.05) is 12.4 Å². The molecule has 0 aliphatic heterocycles. The van der Waals surface area contributed by atoms with E-state index >= 15 is 0 Å². The van der Waals surface area contributed by atoms with E-state index in [0.717, 1.165) is 18.4 Å². The van der Waals surface area contributed by atoms with E-state index in [1.54, 1.807) is 25.1 Å². The highest BCUT2D eigenvalue weighted by Gasteiger charge is 2.32. The highest BCUT2D eigenvalue weighted by Crippen LogP contribution is 2.28. The van der Waals surface area contributed by atoms with Crippen molar-refractivity contribution in [2.24, 2.45) is 0 Å². The number of aromatic hydroxyl groups is 1. The van der Waals surface area contributed by atoms with Gasteiger partial charge in [0.1, 0.15) is 5.75 Å². The number of benzene rings is 1. The molecule has 1 aromatic carbocycles. The Morgan fingerprint density at radius 3 is 2.76 bits per heavy atom. The van der Waals surface area contributed by atoms with Crippen molar-refractivity contribution in [3.63, 3.8) is 0 Å². The molecule has 0 aromatic heterocycles. The standard InChI is InChI=1S/C13H16ClNO2/c1-9-8-10(2-5-12(9)16)13(17)15(7-6-14)11-3-4-11/h2,5,8,11,16H,3-4,6-7H2,1H3. The zero-order chi connectivity index (χ0) is 12.4. The molecule has 0 spiro atoms. The lowest BCUT2D eigenvalue weighted by Gasteiger charge is -2.21. The number of phenolic OH excluding ortho intramolecular Hbond substituents is 1. The molecular formula is C13H16ClNO2. The van der Waals surface area contributed by atoms with E-state index in [2.05, 4.69) is 0 Å². The fraction of sp³-hybridized carbons (Fsp3) is 0.462. The highest BCUT2D eigenvalue weighted by molar-refractivity contribution is 6.18. The zero-order valence-electron chi connectivity index (χ0n) is 9.82. The van der Waals surface area contributed by atoms with Gasteiger partial charge < -0.3 is 10.0 Å². The lowest BCUT2D eigenvalue weighted by Crippen LogP contribution is -2.34. The third-order valence-corrected chi connectivity index (χ3v) is 3.19. The van der Waals surface area contributed by atoms with Crippen molar-refractivity contribution in [1.29, 1.82) is 0 Å². The molecule has 0 unspecified atom stereocenters. The van der Waals surface area contributed by atoms with Crippen molar-refractivity contribution in [3.05, 3.63) is 29.3 Å². The average Bonchev–Trinajstić information content (AvgIpc) is 3.13. The number of phenols is 1. The van der Waals surface area contributed by atoms with Gasteiger partial charge in [-0.15, -0.1) is 11.6 Å². The number of halogens is 1. The minimum atomic E-state index is 0.0104. The maximum Gasteiger partial charge on any atom is 0.254 e. The maximum atomic E-state index is 12.3. The first kappa shape index (κ1) is 12.2. The number of carbonyl (C=O) groups excluding carboxylic acids is 1. The first-order valence-corrected chi connectivity index (χ1v) is 6.33. The minimum absolute atomic E-state index is 0.0104. The lowest BCUT2D eigenvalue weighted by atomic mass is 10.1. The van der Waals surface area contributed by atoms with Crippen LogP contribution in [0.3, 0.4) is 0 Å². The summed E-state index contributed by atoms with van der Waals surface area (Å²) in [5, 5.41) is 9.44. The Bertz CT molecular complexity index is 429. The second kappa shape index (κ2) is 4.96. The van der Waals surface area contributed by atoms with Crippen LogP contribution in [0.2, 0.25) is 0 Å². The molecule has 0 heterocycles. The minimum Gasteiger partial charge on any atom is -0.508 e. The average molecular weight is 254 g/mol. The van der Waals surface area contributed by atoms with E-state index in [1.165, 1.54) is 0 Å². The Balaban J connectivity index is 2.19. The molecule has 0 atom stereocenters. The summed E-state index contributed by atoms with van der Waals surface area (Å²) in [4.78, 5) is 14.1. The molecular weight excluding hydrogens is 238 g/mol. The van der Waals surface area contributed by atoms with Crippen LogP contribution in [0.5, 0.6) is 5.75 Å². The van der Waals surface area contributed by atoms with Gasteiger partial charge in [-0.25, -0.2) is 0 Å². The first-order chi connectivity index (χ1) is 8.13. The van der Waals surface area contributed by atoms with E-state index in [0.29, 0.717) is 24.0 Å².